The molecule has 0 aromatic rings. The molecule has 0 radical (unpaired) electrons. The quantitative estimate of drug-likeness (QED) is 0.356. The minimum Gasteiger partial charge on any atom is -1.00 e. The van der Waals surface area contributed by atoms with Crippen molar-refractivity contribution in [1.82, 2.24) is 0 Å². The molecule has 0 spiro atoms. The first-order valence-electron chi connectivity index (χ1n) is 0.781. The van der Waals surface area contributed by atoms with E-state index in [4.69, 9.17) is 4.79 Å². The van der Waals surface area contributed by atoms with Crippen LogP contribution in [0.3, 0.4) is 0 Å². The van der Waals surface area contributed by atoms with Crippen molar-refractivity contribution in [2.75, 3.05) is 0 Å². The minimum absolute atomic E-state index is 0. The minimum atomic E-state index is -0.833. The Balaban J connectivity index is -0.00000000750. The maximum Gasteiger partial charge on any atom is 2.00 e. The number of amides is 2. The number of hydrogen-bond acceptors (Lipinski definition) is 1. The zero-order valence-corrected chi connectivity index (χ0v) is 5.48. The van der Waals surface area contributed by atoms with Crippen molar-refractivity contribution in [1.29, 1.82) is 0 Å². The van der Waals surface area contributed by atoms with E-state index in [1.807, 2.05) is 0 Å². The van der Waals surface area contributed by atoms with Gasteiger partial charge in [0.15, 0.2) is 0 Å². The number of nitrogens with two attached hydrogens (primary N) is 2. The Morgan fingerprint density at radius 3 is 1.50 bits per heavy atom. The van der Waals surface area contributed by atoms with Gasteiger partial charge in [-0.05, 0) is 0 Å². The summed E-state index contributed by atoms with van der Waals surface area (Å²) in [5.41, 5.74) is 8.50. The van der Waals surface area contributed by atoms with Crippen LogP contribution in [0.4, 0.5) is 4.79 Å². The molecule has 0 aromatic carbocycles. The second-order valence-corrected chi connectivity index (χ2v) is 0.402. The van der Waals surface area contributed by atoms with Crippen molar-refractivity contribution in [2.24, 2.45) is 11.5 Å². The summed E-state index contributed by atoms with van der Waals surface area (Å²) in [6, 6.07) is -0.833. The second kappa shape index (κ2) is 9.09. The predicted octanol–water partition coefficient (Wildman–Crippen LogP) is -1.96. The molecule has 0 aliphatic rings. The van der Waals surface area contributed by atoms with E-state index in [2.05, 4.69) is 11.5 Å². The number of primary amides is 2. The van der Waals surface area contributed by atoms with E-state index in [1.165, 1.54) is 0 Å². The number of urea groups is 1. The summed E-state index contributed by atoms with van der Waals surface area (Å²) < 4.78 is 0. The van der Waals surface area contributed by atoms with E-state index in [-0.39, 0.29) is 46.1 Å². The fourth-order valence-corrected chi connectivity index (χ4v) is 0. The van der Waals surface area contributed by atoms with E-state index in [1.54, 1.807) is 0 Å². The average Bonchev–Trinajstić information content (AvgIpc) is 0.811. The summed E-state index contributed by atoms with van der Waals surface area (Å²) in [5.74, 6) is 0. The Morgan fingerprint density at radius 1 is 1.50 bits per heavy atom. The number of carbonyl (C=O) groups excluding carboxylic acids is 1. The van der Waals surface area contributed by atoms with Crippen LogP contribution in [0.1, 0.15) is 2.85 Å². The van der Waals surface area contributed by atoms with Crippen LogP contribution in [-0.2, 0) is 0 Å². The van der Waals surface area contributed by atoms with E-state index in [0.717, 1.165) is 0 Å². The zero-order valence-electron chi connectivity index (χ0n) is 5.27. The molecule has 0 fully saturated rings. The molecule has 0 saturated carbocycles. The first-order valence-corrected chi connectivity index (χ1v) is 0.781. The summed E-state index contributed by atoms with van der Waals surface area (Å²) in [5, 5.41) is 0. The molecule has 6 heavy (non-hydrogen) atoms. The fourth-order valence-electron chi connectivity index (χ4n) is 0. The smallest absolute Gasteiger partial charge is 1.00 e. The molecule has 5 heteroatoms. The van der Waals surface area contributed by atoms with Gasteiger partial charge in [-0.2, -0.15) is 0 Å². The maximum absolute atomic E-state index is 9.00. The Kier molecular flexibility index (Phi) is 24.3. The molecule has 2 amide bonds. The number of rotatable bonds is 0. The molecular formula is CH8CaN2O2. The zero-order chi connectivity index (χ0) is 3.58. The van der Waals surface area contributed by atoms with Crippen molar-refractivity contribution < 1.29 is 13.1 Å². The second-order valence-electron chi connectivity index (χ2n) is 0.402. The van der Waals surface area contributed by atoms with Gasteiger partial charge in [0, 0.05) is 0 Å². The molecule has 0 aliphatic carbocycles. The van der Waals surface area contributed by atoms with Crippen LogP contribution in [0.2, 0.25) is 0 Å². The van der Waals surface area contributed by atoms with E-state index < -0.39 is 6.03 Å². The van der Waals surface area contributed by atoms with E-state index >= 15 is 0 Å². The molecule has 0 aromatic heterocycles. The first kappa shape index (κ1) is 16.1. The van der Waals surface area contributed by atoms with Gasteiger partial charge in [-0.15, -0.1) is 0 Å². The summed E-state index contributed by atoms with van der Waals surface area (Å²) in [6.45, 7) is 0. The Labute approximate surface area is 68.1 Å². The topological polar surface area (TPSA) is 101 Å². The van der Waals surface area contributed by atoms with Gasteiger partial charge in [-0.3, -0.25) is 0 Å². The van der Waals surface area contributed by atoms with Crippen LogP contribution >= 0.6 is 0 Å². The van der Waals surface area contributed by atoms with Crippen molar-refractivity contribution in [3.05, 3.63) is 0 Å². The van der Waals surface area contributed by atoms with Gasteiger partial charge < -0.3 is 19.8 Å². The maximum atomic E-state index is 9.00. The van der Waals surface area contributed by atoms with E-state index in [0.29, 0.717) is 0 Å². The first-order chi connectivity index (χ1) is 1.73. The third-order valence-corrected chi connectivity index (χ3v) is 0. The summed E-state index contributed by atoms with van der Waals surface area (Å²) in [7, 11) is 0. The van der Waals surface area contributed by atoms with Gasteiger partial charge in [0.25, 0.3) is 0 Å². The van der Waals surface area contributed by atoms with Gasteiger partial charge in [-0.25, -0.2) is 4.79 Å². The normalized spacial score (nSPS) is 4.00. The standard InChI is InChI=1S/CH4N2O.Ca.H2O.2H/c2-1(3)4;;;;/h(H4,2,3,4);;1H2;;/q;+2;;2*-1. The van der Waals surface area contributed by atoms with Crippen molar-refractivity contribution in [3.63, 3.8) is 0 Å². The molecule has 0 heterocycles. The molecular weight excluding hydrogens is 112 g/mol. The third kappa shape index (κ3) is 228. The molecule has 0 bridgehead atoms. The molecule has 6 N–H and O–H groups in total. The molecule has 0 aliphatic heterocycles. The van der Waals surface area contributed by atoms with Crippen LogP contribution < -0.4 is 11.5 Å². The monoisotopic (exact) mass is 120 g/mol. The van der Waals surface area contributed by atoms with Gasteiger partial charge in [0.05, 0.1) is 0 Å². The number of hydrogen-bond donors (Lipinski definition) is 2. The van der Waals surface area contributed by atoms with Crippen LogP contribution in [0.25, 0.3) is 0 Å². The molecule has 4 nitrogen and oxygen atoms in total. The van der Waals surface area contributed by atoms with Gasteiger partial charge in [0.2, 0.25) is 0 Å². The third-order valence-electron chi connectivity index (χ3n) is 0. The Morgan fingerprint density at radius 2 is 1.50 bits per heavy atom. The van der Waals surface area contributed by atoms with Gasteiger partial charge in [-0.1, -0.05) is 0 Å². The van der Waals surface area contributed by atoms with Crippen LogP contribution in [-0.4, -0.2) is 49.2 Å². The average molecular weight is 120 g/mol. The number of carbonyl (C=O) groups is 1. The fraction of sp³-hybridized carbons (Fsp3) is 0. The molecule has 0 saturated heterocycles. The van der Waals surface area contributed by atoms with Crippen molar-refractivity contribution in [2.45, 2.75) is 0 Å². The van der Waals surface area contributed by atoms with E-state index in [9.17, 15) is 0 Å². The van der Waals surface area contributed by atoms with Crippen LogP contribution in [0, 0.1) is 0 Å². The van der Waals surface area contributed by atoms with Crippen molar-refractivity contribution in [3.8, 4) is 0 Å². The summed E-state index contributed by atoms with van der Waals surface area (Å²) in [6.07, 6.45) is 0. The Bertz CT molecular complexity index is 41.0. The summed E-state index contributed by atoms with van der Waals surface area (Å²) >= 11 is 0. The van der Waals surface area contributed by atoms with Gasteiger partial charge >= 0.3 is 43.8 Å². The molecule has 0 unspecified atom stereocenters. The molecule has 0 atom stereocenters. The molecule has 0 rings (SSSR count). The van der Waals surface area contributed by atoms with Crippen LogP contribution in [0.15, 0.2) is 0 Å². The van der Waals surface area contributed by atoms with Crippen molar-refractivity contribution >= 4 is 43.8 Å². The predicted molar refractivity (Wildman–Crippen MR) is 25.4 cm³/mol. The molecule has 36 valence electrons. The summed E-state index contributed by atoms with van der Waals surface area (Å²) in [4.78, 5) is 9.00. The Hall–Kier alpha value is 0.490. The largest absolute Gasteiger partial charge is 2.00 e. The van der Waals surface area contributed by atoms with Gasteiger partial charge in [0.1, 0.15) is 0 Å². The SMILES string of the molecule is NC(N)=O.O.[Ca+2].[H-].[H-]. The van der Waals surface area contributed by atoms with Crippen LogP contribution in [0.5, 0.6) is 0 Å².